The number of carboxylic acids is 1. The van der Waals surface area contributed by atoms with Crippen molar-refractivity contribution in [3.8, 4) is 0 Å². The van der Waals surface area contributed by atoms with E-state index in [1.54, 1.807) is 0 Å². The molecule has 2 aliphatic rings. The number of aromatic nitrogens is 2. The number of hydrogen-bond acceptors (Lipinski definition) is 10. The van der Waals surface area contributed by atoms with Crippen molar-refractivity contribution in [3.05, 3.63) is 22.7 Å². The van der Waals surface area contributed by atoms with Crippen LogP contribution in [0.5, 0.6) is 0 Å². The third kappa shape index (κ3) is 6.29. The molecule has 0 aliphatic carbocycles. The number of nitrogen functional groups attached to an aromatic ring is 1. The molecule has 0 bridgehead atoms. The van der Waals surface area contributed by atoms with Gasteiger partial charge in [0, 0.05) is 19.4 Å². The van der Waals surface area contributed by atoms with Gasteiger partial charge in [-0.2, -0.15) is 4.98 Å². The first-order chi connectivity index (χ1) is 16.4. The molecule has 0 saturated carbocycles. The summed E-state index contributed by atoms with van der Waals surface area (Å²) >= 11 is 0. The number of nitrogens with two attached hydrogens (primary N) is 1. The van der Waals surface area contributed by atoms with Crippen LogP contribution in [0.25, 0.3) is 0 Å². The third-order valence-electron chi connectivity index (χ3n) is 6.23. The summed E-state index contributed by atoms with van der Waals surface area (Å²) in [7, 11) is -4.20. The highest BCUT2D eigenvalue weighted by Gasteiger charge is 2.60. The molecule has 2 aliphatic heterocycles. The molecule has 0 aromatic carbocycles. The fourth-order valence-corrected chi connectivity index (χ4v) is 6.06. The number of nitrogens with zero attached hydrogens (tertiary/aromatic N) is 2. The van der Waals surface area contributed by atoms with Gasteiger partial charge in [-0.05, 0) is 32.8 Å². The maximum Gasteiger partial charge on any atom is 0.407 e. The molecule has 0 radical (unpaired) electrons. The summed E-state index contributed by atoms with van der Waals surface area (Å²) in [6.45, 7) is 5.21. The number of aliphatic carboxylic acids is 1. The van der Waals surface area contributed by atoms with Crippen LogP contribution in [0.15, 0.2) is 17.1 Å². The highest BCUT2D eigenvalue weighted by Crippen LogP contribution is 2.56. The molecule has 2 fully saturated rings. The Morgan fingerprint density at radius 3 is 2.83 bits per heavy atom. The van der Waals surface area contributed by atoms with Crippen LogP contribution >= 0.6 is 7.75 Å². The summed E-state index contributed by atoms with van der Waals surface area (Å²) in [5, 5.41) is 23.5. The maximum absolute atomic E-state index is 13.4. The van der Waals surface area contributed by atoms with Crippen molar-refractivity contribution in [2.45, 2.75) is 82.5 Å². The van der Waals surface area contributed by atoms with Crippen LogP contribution in [-0.4, -0.2) is 68.9 Å². The van der Waals surface area contributed by atoms with Crippen molar-refractivity contribution in [1.82, 2.24) is 14.6 Å². The van der Waals surface area contributed by atoms with Gasteiger partial charge in [0.25, 0.3) is 0 Å². The predicted octanol–water partition coefficient (Wildman–Crippen LogP) is 1.42. The lowest BCUT2D eigenvalue weighted by Crippen LogP contribution is -2.53. The molecule has 13 nitrogen and oxygen atoms in total. The smallest absolute Gasteiger partial charge is 0.407 e. The molecule has 14 heteroatoms. The first-order valence-electron chi connectivity index (χ1n) is 11.7. The van der Waals surface area contributed by atoms with Crippen LogP contribution in [0.1, 0.15) is 59.1 Å². The number of carbonyl (C=O) groups is 1. The number of aliphatic hydroxyl groups is 1. The molecule has 1 aromatic rings. The van der Waals surface area contributed by atoms with Crippen molar-refractivity contribution in [1.29, 1.82) is 0 Å². The molecule has 1 unspecified atom stereocenters. The van der Waals surface area contributed by atoms with E-state index in [0.29, 0.717) is 6.61 Å². The van der Waals surface area contributed by atoms with E-state index < -0.39 is 49.0 Å². The van der Waals surface area contributed by atoms with Crippen LogP contribution in [0.2, 0.25) is 0 Å². The second-order valence-electron chi connectivity index (χ2n) is 9.29. The van der Waals surface area contributed by atoms with Crippen molar-refractivity contribution < 1.29 is 38.1 Å². The molecule has 3 rings (SSSR count). The largest absolute Gasteiger partial charge is 0.480 e. The molecule has 35 heavy (non-hydrogen) atoms. The van der Waals surface area contributed by atoms with Gasteiger partial charge in [0.1, 0.15) is 29.2 Å². The predicted molar refractivity (Wildman–Crippen MR) is 125 cm³/mol. The van der Waals surface area contributed by atoms with Crippen LogP contribution in [0.3, 0.4) is 0 Å². The zero-order chi connectivity index (χ0) is 25.9. The van der Waals surface area contributed by atoms with Crippen LogP contribution in [0.4, 0.5) is 5.82 Å². The minimum Gasteiger partial charge on any atom is -0.480 e. The van der Waals surface area contributed by atoms with Crippen molar-refractivity contribution in [2.75, 3.05) is 25.6 Å². The molecular weight excluding hydrogens is 483 g/mol. The number of carboxylic acid groups (broad SMARTS) is 1. The SMILES string of the molecule is CCCCCCOCC[C@@](C)(NP1(=O)OC[C@H]2O[C@@H](n3ccc(N)nc3=O)[C@](C)(O)[C@@H]2O1)C(=O)O. The van der Waals surface area contributed by atoms with E-state index in [4.69, 9.17) is 24.3 Å². The lowest BCUT2D eigenvalue weighted by atomic mass is 9.96. The van der Waals surface area contributed by atoms with Crippen molar-refractivity contribution in [2.24, 2.45) is 0 Å². The Morgan fingerprint density at radius 2 is 2.17 bits per heavy atom. The summed E-state index contributed by atoms with van der Waals surface area (Å²) in [6.07, 6.45) is 2.17. The van der Waals surface area contributed by atoms with E-state index in [0.717, 1.165) is 30.3 Å². The Labute approximate surface area is 203 Å². The van der Waals surface area contributed by atoms with E-state index >= 15 is 0 Å². The summed E-state index contributed by atoms with van der Waals surface area (Å²) in [4.78, 5) is 27.9. The Kier molecular flexibility index (Phi) is 8.74. The lowest BCUT2D eigenvalue weighted by Gasteiger charge is -2.38. The zero-order valence-corrected chi connectivity index (χ0v) is 21.1. The minimum absolute atomic E-state index is 0.00291. The van der Waals surface area contributed by atoms with E-state index in [-0.39, 0.29) is 25.5 Å². The Morgan fingerprint density at radius 1 is 1.43 bits per heavy atom. The van der Waals surface area contributed by atoms with Gasteiger partial charge >= 0.3 is 19.4 Å². The van der Waals surface area contributed by atoms with Gasteiger partial charge in [0.05, 0.1) is 6.61 Å². The van der Waals surface area contributed by atoms with Crippen LogP contribution in [-0.2, 0) is 27.9 Å². The number of unbranched alkanes of at least 4 members (excludes halogenated alkanes) is 3. The highest BCUT2D eigenvalue weighted by molar-refractivity contribution is 7.51. The molecule has 1 aromatic heterocycles. The molecule has 0 spiro atoms. The monoisotopic (exact) mass is 518 g/mol. The lowest BCUT2D eigenvalue weighted by molar-refractivity contribution is -0.144. The number of nitrogens with one attached hydrogen (secondary N) is 1. The molecular formula is C21H35N4O9P. The Bertz CT molecular complexity index is 1000. The first kappa shape index (κ1) is 27.7. The van der Waals surface area contributed by atoms with Crippen molar-refractivity contribution in [3.63, 3.8) is 0 Å². The average molecular weight is 519 g/mol. The van der Waals surface area contributed by atoms with Crippen LogP contribution in [0, 0.1) is 0 Å². The molecule has 2 saturated heterocycles. The molecule has 198 valence electrons. The molecule has 6 atom stereocenters. The minimum atomic E-state index is -4.20. The number of anilines is 1. The Balaban J connectivity index is 1.68. The number of ether oxygens (including phenoxy) is 2. The highest BCUT2D eigenvalue weighted by atomic mass is 31.2. The topological polar surface area (TPSA) is 184 Å². The molecule has 0 amide bonds. The van der Waals surface area contributed by atoms with Gasteiger partial charge < -0.3 is 25.4 Å². The third-order valence-corrected chi connectivity index (χ3v) is 7.99. The number of fused-ring (bicyclic) bond motifs is 1. The fourth-order valence-electron chi connectivity index (χ4n) is 4.08. The summed E-state index contributed by atoms with van der Waals surface area (Å²) in [6, 6.07) is 1.37. The maximum atomic E-state index is 13.4. The van der Waals surface area contributed by atoms with Gasteiger partial charge in [-0.1, -0.05) is 26.2 Å². The Hall–Kier alpha value is -1.86. The number of hydrogen-bond donors (Lipinski definition) is 4. The van der Waals surface area contributed by atoms with Gasteiger partial charge in [-0.3, -0.25) is 18.4 Å². The van der Waals surface area contributed by atoms with E-state index in [1.807, 2.05) is 0 Å². The first-order valence-corrected chi connectivity index (χ1v) is 13.2. The summed E-state index contributed by atoms with van der Waals surface area (Å²) in [5.41, 5.74) is 1.27. The van der Waals surface area contributed by atoms with Gasteiger partial charge in [-0.15, -0.1) is 0 Å². The van der Waals surface area contributed by atoms with Gasteiger partial charge in [0.15, 0.2) is 6.23 Å². The second-order valence-corrected chi connectivity index (χ2v) is 11.0. The van der Waals surface area contributed by atoms with Gasteiger partial charge in [-0.25, -0.2) is 14.4 Å². The number of rotatable bonds is 12. The standard InChI is InChI=1S/C21H35N4O9P/c1-4-5-6-7-11-31-12-9-20(2,18(26)27)24-35(30)32-13-14-16(34-35)21(3,29)17(33-14)25-10-8-15(22)23-19(25)28/h8,10,14,16-17,29H,4-7,9,11-13H2,1-3H3,(H,24,30)(H,26,27)(H2,22,23,28)/t14-,16-,17-,20-,21-,35?/m1/s1. The van der Waals surface area contributed by atoms with Crippen molar-refractivity contribution >= 4 is 19.5 Å². The molecule has 3 heterocycles. The molecule has 5 N–H and O–H groups in total. The quantitative estimate of drug-likeness (QED) is 0.231. The van der Waals surface area contributed by atoms with E-state index in [2.05, 4.69) is 17.0 Å². The summed E-state index contributed by atoms with van der Waals surface area (Å²) in [5.74, 6) is -1.25. The van der Waals surface area contributed by atoms with E-state index in [9.17, 15) is 24.4 Å². The zero-order valence-electron chi connectivity index (χ0n) is 20.2. The summed E-state index contributed by atoms with van der Waals surface area (Å²) < 4.78 is 36.8. The fraction of sp³-hybridized carbons (Fsp3) is 0.762. The van der Waals surface area contributed by atoms with E-state index in [1.165, 1.54) is 26.1 Å². The van der Waals surface area contributed by atoms with Crippen LogP contribution < -0.4 is 16.5 Å². The second kappa shape index (κ2) is 11.0. The normalized spacial score (nSPS) is 32.2. The van der Waals surface area contributed by atoms with Gasteiger partial charge in [0.2, 0.25) is 0 Å². The average Bonchev–Trinajstić information content (AvgIpc) is 3.02.